The molecule has 5 heteroatoms. The summed E-state index contributed by atoms with van der Waals surface area (Å²) in [6.45, 7) is 4.60. The summed E-state index contributed by atoms with van der Waals surface area (Å²) in [6.07, 6.45) is 0.0554. The van der Waals surface area contributed by atoms with Crippen molar-refractivity contribution in [3.8, 4) is 0 Å². The number of hydrogen-bond acceptors (Lipinski definition) is 5. The Morgan fingerprint density at radius 3 is 2.33 bits per heavy atom. The van der Waals surface area contributed by atoms with Crippen LogP contribution < -0.4 is 0 Å². The molecule has 15 heavy (non-hydrogen) atoms. The van der Waals surface area contributed by atoms with E-state index in [-0.39, 0.29) is 18.2 Å². The van der Waals surface area contributed by atoms with Gasteiger partial charge in [-0.05, 0) is 6.42 Å². The predicted molar refractivity (Wildman–Crippen MR) is 50.9 cm³/mol. The summed E-state index contributed by atoms with van der Waals surface area (Å²) in [4.78, 5) is 21.5. The predicted octanol–water partition coefficient (Wildman–Crippen LogP) is 1.01. The van der Waals surface area contributed by atoms with Crippen LogP contribution in [-0.2, 0) is 23.8 Å². The second kappa shape index (κ2) is 5.11. The zero-order chi connectivity index (χ0) is 11.4. The van der Waals surface area contributed by atoms with E-state index in [1.54, 1.807) is 0 Å². The normalized spacial score (nSPS) is 29.9. The summed E-state index contributed by atoms with van der Waals surface area (Å²) in [5, 5.41) is 0. The third-order valence-corrected chi connectivity index (χ3v) is 2.18. The van der Waals surface area contributed by atoms with Crippen molar-refractivity contribution in [3.05, 3.63) is 0 Å². The monoisotopic (exact) mass is 216 g/mol. The van der Waals surface area contributed by atoms with Gasteiger partial charge in [-0.1, -0.05) is 6.92 Å². The van der Waals surface area contributed by atoms with Gasteiger partial charge < -0.3 is 14.2 Å². The average Bonchev–Trinajstić information content (AvgIpc) is 2.45. The van der Waals surface area contributed by atoms with Gasteiger partial charge in [0.15, 0.2) is 0 Å². The summed E-state index contributed by atoms with van der Waals surface area (Å²) in [7, 11) is 0. The maximum atomic E-state index is 10.8. The first-order chi connectivity index (χ1) is 7.02. The minimum absolute atomic E-state index is 0.182. The molecule has 0 N–H and O–H groups in total. The number of rotatable bonds is 3. The number of carbonyl (C=O) groups excluding carboxylic acids is 2. The molecule has 0 aromatic rings. The lowest BCUT2D eigenvalue weighted by atomic mass is 10.1. The van der Waals surface area contributed by atoms with Gasteiger partial charge in [0.25, 0.3) is 0 Å². The maximum Gasteiger partial charge on any atom is 0.304 e. The fraction of sp³-hybridized carbons (Fsp3) is 0.800. The number of hydrogen-bond donors (Lipinski definition) is 0. The minimum Gasteiger partial charge on any atom is -0.460 e. The fourth-order valence-corrected chi connectivity index (χ4v) is 1.64. The quantitative estimate of drug-likeness (QED) is 0.659. The van der Waals surface area contributed by atoms with Crippen molar-refractivity contribution in [1.82, 2.24) is 0 Å². The van der Waals surface area contributed by atoms with Crippen LogP contribution in [0.1, 0.15) is 33.6 Å². The lowest BCUT2D eigenvalue weighted by Gasteiger charge is -2.15. The van der Waals surface area contributed by atoms with Crippen molar-refractivity contribution in [2.24, 2.45) is 0 Å². The Bertz CT molecular complexity index is 250. The smallest absolute Gasteiger partial charge is 0.304 e. The lowest BCUT2D eigenvalue weighted by molar-refractivity contribution is -0.173. The molecular weight excluding hydrogens is 200 g/mol. The van der Waals surface area contributed by atoms with Gasteiger partial charge in [-0.15, -0.1) is 0 Å². The zero-order valence-electron chi connectivity index (χ0n) is 9.19. The van der Waals surface area contributed by atoms with Crippen LogP contribution in [0.4, 0.5) is 0 Å². The summed E-state index contributed by atoms with van der Waals surface area (Å²) in [5.74, 6) is -0.733. The van der Waals surface area contributed by atoms with E-state index in [1.807, 2.05) is 6.92 Å². The molecule has 2 unspecified atom stereocenters. The van der Waals surface area contributed by atoms with Crippen LogP contribution in [0.5, 0.6) is 0 Å². The third-order valence-electron chi connectivity index (χ3n) is 2.18. The Hall–Kier alpha value is -1.10. The highest BCUT2D eigenvalue weighted by Gasteiger charge is 2.37. The van der Waals surface area contributed by atoms with Crippen molar-refractivity contribution in [3.63, 3.8) is 0 Å². The SMILES string of the molecule is CC[C@H]1OC(OC(C)=O)CC1OC(C)=O. The summed E-state index contributed by atoms with van der Waals surface area (Å²) in [5.41, 5.74) is 0. The van der Waals surface area contributed by atoms with Gasteiger partial charge in [0.05, 0.1) is 6.10 Å². The van der Waals surface area contributed by atoms with Crippen molar-refractivity contribution < 1.29 is 23.8 Å². The highest BCUT2D eigenvalue weighted by Crippen LogP contribution is 2.26. The first kappa shape index (κ1) is 12.0. The van der Waals surface area contributed by atoms with E-state index in [0.29, 0.717) is 6.42 Å². The van der Waals surface area contributed by atoms with Crippen LogP contribution in [0.25, 0.3) is 0 Å². The summed E-state index contributed by atoms with van der Waals surface area (Å²) < 4.78 is 15.4. The Morgan fingerprint density at radius 2 is 1.87 bits per heavy atom. The molecule has 3 atom stereocenters. The van der Waals surface area contributed by atoms with Crippen molar-refractivity contribution in [2.45, 2.75) is 52.1 Å². The second-order valence-corrected chi connectivity index (χ2v) is 3.51. The van der Waals surface area contributed by atoms with E-state index >= 15 is 0 Å². The molecule has 1 aliphatic rings. The molecule has 1 saturated heterocycles. The molecule has 0 amide bonds. The van der Waals surface area contributed by atoms with E-state index in [2.05, 4.69) is 0 Å². The summed E-state index contributed by atoms with van der Waals surface area (Å²) in [6, 6.07) is 0. The highest BCUT2D eigenvalue weighted by atomic mass is 16.7. The first-order valence-electron chi connectivity index (χ1n) is 5.02. The van der Waals surface area contributed by atoms with E-state index in [0.717, 1.165) is 6.42 Å². The molecule has 1 fully saturated rings. The van der Waals surface area contributed by atoms with Crippen LogP contribution in [0.15, 0.2) is 0 Å². The van der Waals surface area contributed by atoms with Gasteiger partial charge in [0, 0.05) is 20.3 Å². The number of esters is 2. The Labute approximate surface area is 88.7 Å². The standard InChI is InChI=1S/C10H16O5/c1-4-8-9(13-6(2)11)5-10(15-8)14-7(3)12/h8-10H,4-5H2,1-3H3/t8-,9?,10?/m1/s1. The molecular formula is C10H16O5. The molecule has 0 radical (unpaired) electrons. The van der Waals surface area contributed by atoms with Crippen LogP contribution in [0.2, 0.25) is 0 Å². The Morgan fingerprint density at radius 1 is 1.27 bits per heavy atom. The minimum atomic E-state index is -0.586. The van der Waals surface area contributed by atoms with Crippen molar-refractivity contribution in [1.29, 1.82) is 0 Å². The molecule has 0 aliphatic carbocycles. The molecule has 1 aliphatic heterocycles. The van der Waals surface area contributed by atoms with Gasteiger partial charge in [-0.2, -0.15) is 0 Å². The highest BCUT2D eigenvalue weighted by molar-refractivity contribution is 5.66. The molecule has 5 nitrogen and oxygen atoms in total. The molecule has 86 valence electrons. The van der Waals surface area contributed by atoms with E-state index < -0.39 is 12.3 Å². The maximum absolute atomic E-state index is 10.8. The molecule has 0 saturated carbocycles. The van der Waals surface area contributed by atoms with E-state index in [1.165, 1.54) is 13.8 Å². The van der Waals surface area contributed by atoms with Gasteiger partial charge in [-0.3, -0.25) is 9.59 Å². The summed E-state index contributed by atoms with van der Waals surface area (Å²) >= 11 is 0. The van der Waals surface area contributed by atoms with Crippen LogP contribution >= 0.6 is 0 Å². The van der Waals surface area contributed by atoms with E-state index in [4.69, 9.17) is 14.2 Å². The molecule has 1 heterocycles. The van der Waals surface area contributed by atoms with Crippen LogP contribution in [0, 0.1) is 0 Å². The van der Waals surface area contributed by atoms with Crippen LogP contribution in [0.3, 0.4) is 0 Å². The Balaban J connectivity index is 2.50. The van der Waals surface area contributed by atoms with Gasteiger partial charge in [-0.25, -0.2) is 0 Å². The third kappa shape index (κ3) is 3.51. The molecule has 1 rings (SSSR count). The van der Waals surface area contributed by atoms with Gasteiger partial charge >= 0.3 is 11.9 Å². The molecule has 0 spiro atoms. The second-order valence-electron chi connectivity index (χ2n) is 3.51. The van der Waals surface area contributed by atoms with Gasteiger partial charge in [0.2, 0.25) is 6.29 Å². The fourth-order valence-electron chi connectivity index (χ4n) is 1.64. The lowest BCUT2D eigenvalue weighted by Crippen LogP contribution is -2.25. The van der Waals surface area contributed by atoms with Crippen molar-refractivity contribution in [2.75, 3.05) is 0 Å². The van der Waals surface area contributed by atoms with Crippen molar-refractivity contribution >= 4 is 11.9 Å². The average molecular weight is 216 g/mol. The van der Waals surface area contributed by atoms with Gasteiger partial charge in [0.1, 0.15) is 6.10 Å². The zero-order valence-corrected chi connectivity index (χ0v) is 9.19. The molecule has 0 bridgehead atoms. The van der Waals surface area contributed by atoms with Crippen LogP contribution in [-0.4, -0.2) is 30.4 Å². The molecule has 0 aromatic heterocycles. The van der Waals surface area contributed by atoms with E-state index in [9.17, 15) is 9.59 Å². The largest absolute Gasteiger partial charge is 0.460 e. The number of ether oxygens (including phenoxy) is 3. The molecule has 0 aromatic carbocycles. The Kier molecular flexibility index (Phi) is 4.08. The topological polar surface area (TPSA) is 61.8 Å². The number of carbonyl (C=O) groups is 2. The first-order valence-corrected chi connectivity index (χ1v) is 5.02.